The van der Waals surface area contributed by atoms with Gasteiger partial charge >= 0.3 is 0 Å². The summed E-state index contributed by atoms with van der Waals surface area (Å²) in [5.74, 6) is 0.646. The van der Waals surface area contributed by atoms with Gasteiger partial charge in [0, 0.05) is 17.5 Å². The molecule has 0 radical (unpaired) electrons. The molecule has 24 heavy (non-hydrogen) atoms. The van der Waals surface area contributed by atoms with E-state index in [0.29, 0.717) is 12.0 Å². The Morgan fingerprint density at radius 3 is 2.71 bits per heavy atom. The molecule has 1 aliphatic carbocycles. The molecule has 1 aromatic heterocycles. The minimum Gasteiger partial charge on any atom is -0.349 e. The third-order valence-corrected chi connectivity index (χ3v) is 6.61. The summed E-state index contributed by atoms with van der Waals surface area (Å²) in [6.07, 6.45) is 7.08. The molecule has 0 unspecified atom stereocenters. The molecule has 2 aliphatic rings. The normalized spacial score (nSPS) is 20.7. The summed E-state index contributed by atoms with van der Waals surface area (Å²) in [4.78, 5) is 19.7. The standard InChI is InChI=1S/C19H25N3OS/c1-22-10-8-13(9-11-22)19-21-16-7-6-14(12-17(16)24-19)18(23)20-15-4-2-3-5-15/h6-7,12-13,15H,2-5,8-11H2,1H3,(H,20,23). The highest BCUT2D eigenvalue weighted by Gasteiger charge is 2.22. The molecule has 0 atom stereocenters. The van der Waals surface area contributed by atoms with Crippen LogP contribution in [0.3, 0.4) is 0 Å². The van der Waals surface area contributed by atoms with Gasteiger partial charge in [0.05, 0.1) is 15.2 Å². The first-order valence-corrected chi connectivity index (χ1v) is 9.90. The zero-order valence-electron chi connectivity index (χ0n) is 14.3. The topological polar surface area (TPSA) is 45.2 Å². The van der Waals surface area contributed by atoms with E-state index in [1.54, 1.807) is 11.3 Å². The van der Waals surface area contributed by atoms with Gasteiger partial charge in [-0.1, -0.05) is 12.8 Å². The Morgan fingerprint density at radius 1 is 1.21 bits per heavy atom. The van der Waals surface area contributed by atoms with Gasteiger partial charge in [0.15, 0.2) is 0 Å². The lowest BCUT2D eigenvalue weighted by Gasteiger charge is -2.27. The van der Waals surface area contributed by atoms with Crippen molar-refractivity contribution in [1.29, 1.82) is 0 Å². The molecule has 4 nitrogen and oxygen atoms in total. The monoisotopic (exact) mass is 343 g/mol. The summed E-state index contributed by atoms with van der Waals surface area (Å²) in [5.41, 5.74) is 1.80. The molecule has 0 bridgehead atoms. The van der Waals surface area contributed by atoms with Crippen molar-refractivity contribution in [1.82, 2.24) is 15.2 Å². The smallest absolute Gasteiger partial charge is 0.251 e. The van der Waals surface area contributed by atoms with Gasteiger partial charge in [-0.05, 0) is 64.0 Å². The fourth-order valence-corrected chi connectivity index (χ4v) is 5.03. The van der Waals surface area contributed by atoms with Crippen molar-refractivity contribution in [2.75, 3.05) is 20.1 Å². The molecule has 2 heterocycles. The zero-order chi connectivity index (χ0) is 16.5. The van der Waals surface area contributed by atoms with Crippen LogP contribution in [0, 0.1) is 0 Å². The van der Waals surface area contributed by atoms with E-state index in [1.807, 2.05) is 18.2 Å². The number of carbonyl (C=O) groups is 1. The number of piperidine rings is 1. The number of rotatable bonds is 3. The first kappa shape index (κ1) is 16.0. The number of fused-ring (bicyclic) bond motifs is 1. The molecule has 5 heteroatoms. The van der Waals surface area contributed by atoms with Gasteiger partial charge in [-0.25, -0.2) is 4.98 Å². The van der Waals surface area contributed by atoms with Crippen LogP contribution < -0.4 is 5.32 Å². The highest BCUT2D eigenvalue weighted by atomic mass is 32.1. The Morgan fingerprint density at radius 2 is 1.96 bits per heavy atom. The summed E-state index contributed by atoms with van der Waals surface area (Å²) < 4.78 is 1.14. The van der Waals surface area contributed by atoms with Crippen molar-refractivity contribution in [3.8, 4) is 0 Å². The van der Waals surface area contributed by atoms with E-state index >= 15 is 0 Å². The molecule has 1 saturated heterocycles. The Hall–Kier alpha value is -1.46. The average molecular weight is 343 g/mol. The van der Waals surface area contributed by atoms with E-state index in [9.17, 15) is 4.79 Å². The summed E-state index contributed by atoms with van der Waals surface area (Å²) in [6, 6.07) is 6.32. The van der Waals surface area contributed by atoms with Crippen molar-refractivity contribution in [2.24, 2.45) is 0 Å². The third-order valence-electron chi connectivity index (χ3n) is 5.43. The van der Waals surface area contributed by atoms with Gasteiger partial charge in [0.1, 0.15) is 0 Å². The number of nitrogens with zero attached hydrogens (tertiary/aromatic N) is 2. The van der Waals surface area contributed by atoms with E-state index in [-0.39, 0.29) is 5.91 Å². The van der Waals surface area contributed by atoms with Gasteiger partial charge in [-0.2, -0.15) is 0 Å². The van der Waals surface area contributed by atoms with Crippen LogP contribution in [0.1, 0.15) is 59.8 Å². The lowest BCUT2D eigenvalue weighted by atomic mass is 9.98. The maximum atomic E-state index is 12.5. The number of thiazole rings is 1. The fourth-order valence-electron chi connectivity index (χ4n) is 3.85. The minimum absolute atomic E-state index is 0.0676. The highest BCUT2D eigenvalue weighted by molar-refractivity contribution is 7.18. The van der Waals surface area contributed by atoms with Crippen molar-refractivity contribution < 1.29 is 4.79 Å². The maximum Gasteiger partial charge on any atom is 0.251 e. The minimum atomic E-state index is 0.0676. The lowest BCUT2D eigenvalue weighted by Crippen LogP contribution is -2.32. The quantitative estimate of drug-likeness (QED) is 0.922. The van der Waals surface area contributed by atoms with E-state index < -0.39 is 0 Å². The number of benzene rings is 1. The van der Waals surface area contributed by atoms with Crippen LogP contribution in [0.15, 0.2) is 18.2 Å². The third kappa shape index (κ3) is 3.33. The summed E-state index contributed by atoms with van der Waals surface area (Å²) in [5, 5.41) is 4.42. The van der Waals surface area contributed by atoms with Crippen molar-refractivity contribution >= 4 is 27.5 Å². The van der Waals surface area contributed by atoms with Gasteiger partial charge in [0.2, 0.25) is 0 Å². The Bertz CT molecular complexity index is 727. The van der Waals surface area contributed by atoms with Crippen LogP contribution >= 0.6 is 11.3 Å². The molecule has 1 aliphatic heterocycles. The lowest BCUT2D eigenvalue weighted by molar-refractivity contribution is 0.0938. The summed E-state index contributed by atoms with van der Waals surface area (Å²) >= 11 is 1.77. The number of amides is 1. The summed E-state index contributed by atoms with van der Waals surface area (Å²) in [7, 11) is 2.18. The van der Waals surface area contributed by atoms with Gasteiger partial charge in [0.25, 0.3) is 5.91 Å². The van der Waals surface area contributed by atoms with Gasteiger partial charge in [-0.3, -0.25) is 4.79 Å². The van der Waals surface area contributed by atoms with Crippen molar-refractivity contribution in [3.05, 3.63) is 28.8 Å². The number of likely N-dealkylation sites (tertiary alicyclic amines) is 1. The van der Waals surface area contributed by atoms with Crippen LogP contribution in [0.25, 0.3) is 10.2 Å². The van der Waals surface area contributed by atoms with Crippen molar-refractivity contribution in [2.45, 2.75) is 50.5 Å². The largest absolute Gasteiger partial charge is 0.349 e. The van der Waals surface area contributed by atoms with Crippen LogP contribution in [0.2, 0.25) is 0 Å². The summed E-state index contributed by atoms with van der Waals surface area (Å²) in [6.45, 7) is 2.30. The van der Waals surface area contributed by atoms with Crippen LogP contribution in [-0.4, -0.2) is 42.0 Å². The molecular weight excluding hydrogens is 318 g/mol. The van der Waals surface area contributed by atoms with Crippen molar-refractivity contribution in [3.63, 3.8) is 0 Å². The van der Waals surface area contributed by atoms with Gasteiger partial charge in [-0.15, -0.1) is 11.3 Å². The molecule has 1 amide bonds. The maximum absolute atomic E-state index is 12.5. The second-order valence-electron chi connectivity index (χ2n) is 7.27. The second kappa shape index (κ2) is 6.81. The number of carbonyl (C=O) groups excluding carboxylic acids is 1. The van der Waals surface area contributed by atoms with Gasteiger partial charge < -0.3 is 10.2 Å². The number of aromatic nitrogens is 1. The fraction of sp³-hybridized carbons (Fsp3) is 0.579. The van der Waals surface area contributed by atoms with Crippen LogP contribution in [0.5, 0.6) is 0 Å². The zero-order valence-corrected chi connectivity index (χ0v) is 15.1. The predicted molar refractivity (Wildman–Crippen MR) is 98.8 cm³/mol. The number of hydrogen-bond donors (Lipinski definition) is 1. The molecule has 1 N–H and O–H groups in total. The highest BCUT2D eigenvalue weighted by Crippen LogP contribution is 2.34. The SMILES string of the molecule is CN1CCC(c2nc3ccc(C(=O)NC4CCCC4)cc3s2)CC1. The van der Waals surface area contributed by atoms with E-state index in [1.165, 1.54) is 30.7 Å². The molecule has 1 saturated carbocycles. The predicted octanol–water partition coefficient (Wildman–Crippen LogP) is 3.78. The molecular formula is C19H25N3OS. The van der Waals surface area contributed by atoms with Crippen LogP contribution in [-0.2, 0) is 0 Å². The Kier molecular flexibility index (Phi) is 4.55. The first-order valence-electron chi connectivity index (χ1n) is 9.09. The molecule has 2 fully saturated rings. The molecule has 128 valence electrons. The Balaban J connectivity index is 1.51. The first-order chi connectivity index (χ1) is 11.7. The Labute approximate surface area is 147 Å². The van der Waals surface area contributed by atoms with E-state index in [0.717, 1.165) is 41.7 Å². The van der Waals surface area contributed by atoms with E-state index in [4.69, 9.17) is 4.98 Å². The average Bonchev–Trinajstić information content (AvgIpc) is 3.23. The van der Waals surface area contributed by atoms with E-state index in [2.05, 4.69) is 17.3 Å². The molecule has 0 spiro atoms. The van der Waals surface area contributed by atoms with Crippen LogP contribution in [0.4, 0.5) is 0 Å². The number of nitrogens with one attached hydrogen (secondary N) is 1. The second-order valence-corrected chi connectivity index (χ2v) is 8.33. The molecule has 2 aromatic rings. The molecule has 4 rings (SSSR count). The number of hydrogen-bond acceptors (Lipinski definition) is 4. The molecule has 1 aromatic carbocycles.